The molecule has 1 nitrogen and oxygen atoms in total. The van der Waals surface area contributed by atoms with Crippen molar-refractivity contribution in [2.75, 3.05) is 24.4 Å². The fourth-order valence-electron chi connectivity index (χ4n) is 1.54. The normalized spacial score (nSPS) is 10.7. The van der Waals surface area contributed by atoms with Gasteiger partial charge in [0.15, 0.2) is 0 Å². The van der Waals surface area contributed by atoms with Gasteiger partial charge >= 0.3 is 0 Å². The van der Waals surface area contributed by atoms with Crippen LogP contribution in [0.2, 0.25) is 0 Å². The maximum atomic E-state index is 5.67. The van der Waals surface area contributed by atoms with E-state index in [4.69, 9.17) is 11.6 Å². The zero-order valence-electron chi connectivity index (χ0n) is 9.83. The fraction of sp³-hybridized carbons (Fsp3) is 0.538. The molecule has 0 unspecified atom stereocenters. The molecule has 2 heteroatoms. The Labute approximate surface area is 98.0 Å². The smallest absolute Gasteiger partial charge is 0.0363 e. The maximum absolute atomic E-state index is 5.67. The molecule has 15 heavy (non-hydrogen) atoms. The topological polar surface area (TPSA) is 3.24 Å². The predicted octanol–water partition coefficient (Wildman–Crippen LogP) is 3.88. The van der Waals surface area contributed by atoms with Crippen LogP contribution in [0.25, 0.3) is 0 Å². The number of nitrogens with zero attached hydrogens (tertiary/aromatic N) is 1. The average Bonchev–Trinajstić information content (AvgIpc) is 2.26. The molecule has 1 rings (SSSR count). The second kappa shape index (κ2) is 6.02. The van der Waals surface area contributed by atoms with Gasteiger partial charge in [-0.05, 0) is 30.0 Å². The molecule has 0 heterocycles. The van der Waals surface area contributed by atoms with E-state index in [2.05, 4.69) is 50.1 Å². The van der Waals surface area contributed by atoms with E-state index in [1.54, 1.807) is 0 Å². The lowest BCUT2D eigenvalue weighted by atomic mass is 10.0. The second-order valence-electron chi connectivity index (χ2n) is 4.21. The van der Waals surface area contributed by atoms with E-state index < -0.39 is 0 Å². The Kier molecular flexibility index (Phi) is 4.97. The van der Waals surface area contributed by atoms with Crippen LogP contribution < -0.4 is 4.90 Å². The van der Waals surface area contributed by atoms with Crippen LogP contribution >= 0.6 is 11.6 Å². The van der Waals surface area contributed by atoms with Gasteiger partial charge in [0.1, 0.15) is 0 Å². The van der Waals surface area contributed by atoms with Crippen molar-refractivity contribution >= 4 is 17.3 Å². The van der Waals surface area contributed by atoms with Crippen molar-refractivity contribution in [2.24, 2.45) is 0 Å². The van der Waals surface area contributed by atoms with Crippen LogP contribution in [0.4, 0.5) is 5.69 Å². The summed E-state index contributed by atoms with van der Waals surface area (Å²) in [6.07, 6.45) is 1.03. The molecule has 0 saturated heterocycles. The van der Waals surface area contributed by atoms with Crippen molar-refractivity contribution in [1.29, 1.82) is 0 Å². The zero-order valence-corrected chi connectivity index (χ0v) is 10.6. The van der Waals surface area contributed by atoms with E-state index >= 15 is 0 Å². The van der Waals surface area contributed by atoms with E-state index in [1.807, 2.05) is 0 Å². The highest BCUT2D eigenvalue weighted by atomic mass is 35.5. The summed E-state index contributed by atoms with van der Waals surface area (Å²) in [5, 5.41) is 0. The third-order valence-corrected chi connectivity index (χ3v) is 2.89. The molecule has 0 aliphatic rings. The molecule has 0 radical (unpaired) electrons. The standard InChI is InChI=1S/C13H20ClN/c1-11(2)12-5-7-13(8-6-12)15(3)10-4-9-14/h5-8,11H,4,9-10H2,1-3H3. The molecule has 0 bridgehead atoms. The van der Waals surface area contributed by atoms with Gasteiger partial charge in [-0.1, -0.05) is 26.0 Å². The minimum Gasteiger partial charge on any atom is -0.375 e. The Morgan fingerprint density at radius 3 is 2.27 bits per heavy atom. The van der Waals surface area contributed by atoms with Crippen molar-refractivity contribution in [3.05, 3.63) is 29.8 Å². The summed E-state index contributed by atoms with van der Waals surface area (Å²) in [5.41, 5.74) is 2.66. The molecule has 0 amide bonds. The van der Waals surface area contributed by atoms with E-state index in [0.717, 1.165) is 18.8 Å². The maximum Gasteiger partial charge on any atom is 0.0363 e. The minimum absolute atomic E-state index is 0.604. The molecule has 0 atom stereocenters. The summed E-state index contributed by atoms with van der Waals surface area (Å²) < 4.78 is 0. The fourth-order valence-corrected chi connectivity index (χ4v) is 1.66. The first-order chi connectivity index (χ1) is 7.15. The number of alkyl halides is 1. The van der Waals surface area contributed by atoms with Gasteiger partial charge in [-0.15, -0.1) is 11.6 Å². The molecule has 0 fully saturated rings. The van der Waals surface area contributed by atoms with Crippen molar-refractivity contribution in [1.82, 2.24) is 0 Å². The van der Waals surface area contributed by atoms with E-state index in [1.165, 1.54) is 11.3 Å². The van der Waals surface area contributed by atoms with Crippen molar-refractivity contribution in [3.63, 3.8) is 0 Å². The summed E-state index contributed by atoms with van der Waals surface area (Å²) in [5.74, 6) is 1.33. The molecule has 0 spiro atoms. The summed E-state index contributed by atoms with van der Waals surface area (Å²) in [6.45, 7) is 5.45. The summed E-state index contributed by atoms with van der Waals surface area (Å²) in [7, 11) is 2.11. The molecular weight excluding hydrogens is 206 g/mol. The van der Waals surface area contributed by atoms with Gasteiger partial charge < -0.3 is 4.90 Å². The van der Waals surface area contributed by atoms with Gasteiger partial charge in [0.25, 0.3) is 0 Å². The minimum atomic E-state index is 0.604. The van der Waals surface area contributed by atoms with Gasteiger partial charge in [-0.25, -0.2) is 0 Å². The lowest BCUT2D eigenvalue weighted by Gasteiger charge is -2.19. The molecule has 0 aliphatic carbocycles. The number of hydrogen-bond donors (Lipinski definition) is 0. The lowest BCUT2D eigenvalue weighted by Crippen LogP contribution is -2.18. The van der Waals surface area contributed by atoms with Gasteiger partial charge in [-0.3, -0.25) is 0 Å². The molecule has 0 aliphatic heterocycles. The van der Waals surface area contributed by atoms with E-state index in [9.17, 15) is 0 Å². The van der Waals surface area contributed by atoms with Gasteiger partial charge in [-0.2, -0.15) is 0 Å². The third kappa shape index (κ3) is 3.75. The molecule has 1 aromatic rings. The van der Waals surface area contributed by atoms with Crippen LogP contribution in [-0.2, 0) is 0 Å². The van der Waals surface area contributed by atoms with Crippen LogP contribution in [0.15, 0.2) is 24.3 Å². The van der Waals surface area contributed by atoms with Gasteiger partial charge in [0.2, 0.25) is 0 Å². The SMILES string of the molecule is CC(C)c1ccc(N(C)CCCCl)cc1. The highest BCUT2D eigenvalue weighted by Crippen LogP contribution is 2.19. The first-order valence-electron chi connectivity index (χ1n) is 5.52. The Morgan fingerprint density at radius 1 is 1.20 bits per heavy atom. The highest BCUT2D eigenvalue weighted by molar-refractivity contribution is 6.17. The van der Waals surface area contributed by atoms with E-state index in [-0.39, 0.29) is 0 Å². The lowest BCUT2D eigenvalue weighted by molar-refractivity contribution is 0.848. The summed E-state index contributed by atoms with van der Waals surface area (Å²) in [4.78, 5) is 2.24. The highest BCUT2D eigenvalue weighted by Gasteiger charge is 2.02. The van der Waals surface area contributed by atoms with Crippen molar-refractivity contribution in [2.45, 2.75) is 26.2 Å². The predicted molar refractivity (Wildman–Crippen MR) is 69.1 cm³/mol. The zero-order chi connectivity index (χ0) is 11.3. The Morgan fingerprint density at radius 2 is 1.80 bits per heavy atom. The average molecular weight is 226 g/mol. The van der Waals surface area contributed by atoms with E-state index in [0.29, 0.717) is 5.92 Å². The van der Waals surface area contributed by atoms with Crippen molar-refractivity contribution < 1.29 is 0 Å². The molecule has 84 valence electrons. The van der Waals surface area contributed by atoms with Gasteiger partial charge in [0.05, 0.1) is 0 Å². The van der Waals surface area contributed by atoms with Crippen LogP contribution in [0.3, 0.4) is 0 Å². The number of halogens is 1. The molecular formula is C13H20ClN. The third-order valence-electron chi connectivity index (χ3n) is 2.63. The van der Waals surface area contributed by atoms with Gasteiger partial charge in [0, 0.05) is 25.2 Å². The van der Waals surface area contributed by atoms with Crippen LogP contribution in [0, 0.1) is 0 Å². The second-order valence-corrected chi connectivity index (χ2v) is 4.59. The number of benzene rings is 1. The molecule has 0 saturated carbocycles. The molecule has 0 aromatic heterocycles. The van der Waals surface area contributed by atoms with Crippen LogP contribution in [-0.4, -0.2) is 19.5 Å². The summed E-state index contributed by atoms with van der Waals surface area (Å²) >= 11 is 5.67. The first-order valence-corrected chi connectivity index (χ1v) is 6.05. The number of rotatable bonds is 5. The molecule has 0 N–H and O–H groups in total. The van der Waals surface area contributed by atoms with Crippen LogP contribution in [0.5, 0.6) is 0 Å². The first kappa shape index (κ1) is 12.4. The monoisotopic (exact) mass is 225 g/mol. The van der Waals surface area contributed by atoms with Crippen molar-refractivity contribution in [3.8, 4) is 0 Å². The Bertz CT molecular complexity index is 279. The molecule has 1 aromatic carbocycles. The quantitative estimate of drug-likeness (QED) is 0.688. The Hall–Kier alpha value is -0.690. The largest absolute Gasteiger partial charge is 0.375 e. The number of anilines is 1. The summed E-state index contributed by atoms with van der Waals surface area (Å²) in [6, 6.07) is 8.78. The number of hydrogen-bond acceptors (Lipinski definition) is 1. The Balaban J connectivity index is 2.62. The van der Waals surface area contributed by atoms with Crippen LogP contribution in [0.1, 0.15) is 31.7 Å².